The van der Waals surface area contributed by atoms with E-state index in [0.717, 1.165) is 32.5 Å². The molecule has 0 amide bonds. The molecule has 0 radical (unpaired) electrons. The van der Waals surface area contributed by atoms with E-state index in [1.54, 1.807) is 0 Å². The van der Waals surface area contributed by atoms with Gasteiger partial charge in [0.2, 0.25) is 11.7 Å². The maximum absolute atomic E-state index is 5.89. The predicted octanol–water partition coefficient (Wildman–Crippen LogP) is 1.65. The standard InChI is InChI=1S/C14H25N3O3/c1-4-14(5-2,19-6-3)13-16-12(20-17-13)9-11-10-15-7-8-18-11/h11,15H,4-10H2,1-3H3. The van der Waals surface area contributed by atoms with Crippen LogP contribution < -0.4 is 5.32 Å². The Kier molecular flexibility index (Phi) is 5.51. The second kappa shape index (κ2) is 7.15. The van der Waals surface area contributed by atoms with Crippen molar-refractivity contribution < 1.29 is 14.0 Å². The zero-order chi connectivity index (χ0) is 14.4. The Balaban J connectivity index is 2.06. The molecule has 6 heteroatoms. The molecule has 20 heavy (non-hydrogen) atoms. The molecule has 1 unspecified atom stereocenters. The van der Waals surface area contributed by atoms with Crippen molar-refractivity contribution in [3.63, 3.8) is 0 Å². The Morgan fingerprint density at radius 1 is 1.35 bits per heavy atom. The molecule has 2 rings (SSSR count). The molecule has 1 atom stereocenters. The van der Waals surface area contributed by atoms with Gasteiger partial charge in [-0.25, -0.2) is 0 Å². The Hall–Kier alpha value is -0.980. The van der Waals surface area contributed by atoms with Gasteiger partial charge in [-0.15, -0.1) is 0 Å². The summed E-state index contributed by atoms with van der Waals surface area (Å²) in [6.45, 7) is 9.27. The summed E-state index contributed by atoms with van der Waals surface area (Å²) in [7, 11) is 0. The molecule has 1 aliphatic rings. The van der Waals surface area contributed by atoms with E-state index in [4.69, 9.17) is 14.0 Å². The minimum atomic E-state index is -0.428. The number of morpholine rings is 1. The van der Waals surface area contributed by atoms with Crippen molar-refractivity contribution in [3.8, 4) is 0 Å². The van der Waals surface area contributed by atoms with Crippen LogP contribution >= 0.6 is 0 Å². The van der Waals surface area contributed by atoms with Crippen LogP contribution in [0.3, 0.4) is 0 Å². The van der Waals surface area contributed by atoms with Gasteiger partial charge in [-0.1, -0.05) is 19.0 Å². The van der Waals surface area contributed by atoms with Gasteiger partial charge in [0.05, 0.1) is 19.1 Å². The van der Waals surface area contributed by atoms with Gasteiger partial charge in [0.15, 0.2) is 0 Å². The Bertz CT molecular complexity index is 398. The number of aromatic nitrogens is 2. The lowest BCUT2D eigenvalue weighted by atomic mass is 9.96. The predicted molar refractivity (Wildman–Crippen MR) is 74.5 cm³/mol. The summed E-state index contributed by atoms with van der Waals surface area (Å²) in [5.74, 6) is 1.28. The molecule has 6 nitrogen and oxygen atoms in total. The number of nitrogens with zero attached hydrogens (tertiary/aromatic N) is 2. The first-order valence-corrected chi connectivity index (χ1v) is 7.53. The van der Waals surface area contributed by atoms with Gasteiger partial charge < -0.3 is 19.3 Å². The summed E-state index contributed by atoms with van der Waals surface area (Å²) in [6, 6.07) is 0. The highest BCUT2D eigenvalue weighted by Gasteiger charge is 2.34. The number of nitrogens with one attached hydrogen (secondary N) is 1. The zero-order valence-corrected chi connectivity index (χ0v) is 12.6. The average Bonchev–Trinajstić information content (AvgIpc) is 2.95. The maximum atomic E-state index is 5.89. The highest BCUT2D eigenvalue weighted by atomic mass is 16.5. The molecule has 0 spiro atoms. The molecular formula is C14H25N3O3. The molecule has 0 bridgehead atoms. The van der Waals surface area contributed by atoms with Crippen molar-refractivity contribution in [2.75, 3.05) is 26.3 Å². The van der Waals surface area contributed by atoms with Crippen molar-refractivity contribution >= 4 is 0 Å². The lowest BCUT2D eigenvalue weighted by Gasteiger charge is -2.27. The summed E-state index contributed by atoms with van der Waals surface area (Å²) < 4.78 is 16.9. The number of hydrogen-bond donors (Lipinski definition) is 1. The summed E-state index contributed by atoms with van der Waals surface area (Å²) in [4.78, 5) is 4.53. The Labute approximate surface area is 120 Å². The fourth-order valence-electron chi connectivity index (χ4n) is 2.58. The first kappa shape index (κ1) is 15.4. The molecule has 2 heterocycles. The lowest BCUT2D eigenvalue weighted by Crippen LogP contribution is -2.39. The third kappa shape index (κ3) is 3.37. The highest BCUT2D eigenvalue weighted by molar-refractivity contribution is 5.01. The van der Waals surface area contributed by atoms with Gasteiger partial charge in [-0.3, -0.25) is 0 Å². The van der Waals surface area contributed by atoms with Gasteiger partial charge in [-0.2, -0.15) is 4.98 Å². The molecule has 1 aromatic heterocycles. The third-order valence-electron chi connectivity index (χ3n) is 3.85. The van der Waals surface area contributed by atoms with Crippen molar-refractivity contribution in [1.82, 2.24) is 15.5 Å². The van der Waals surface area contributed by atoms with Crippen molar-refractivity contribution in [2.24, 2.45) is 0 Å². The Morgan fingerprint density at radius 3 is 2.75 bits per heavy atom. The van der Waals surface area contributed by atoms with E-state index < -0.39 is 5.60 Å². The largest absolute Gasteiger partial charge is 0.375 e. The fourth-order valence-corrected chi connectivity index (χ4v) is 2.58. The smallest absolute Gasteiger partial charge is 0.229 e. The van der Waals surface area contributed by atoms with E-state index in [9.17, 15) is 0 Å². The van der Waals surface area contributed by atoms with Crippen LogP contribution in [0.1, 0.15) is 45.3 Å². The molecule has 1 aromatic rings. The van der Waals surface area contributed by atoms with Crippen molar-refractivity contribution in [1.29, 1.82) is 0 Å². The van der Waals surface area contributed by atoms with Crippen molar-refractivity contribution in [2.45, 2.75) is 51.7 Å². The van der Waals surface area contributed by atoms with Crippen LogP contribution in [0.2, 0.25) is 0 Å². The van der Waals surface area contributed by atoms with Crippen LogP contribution in [0, 0.1) is 0 Å². The van der Waals surface area contributed by atoms with Gasteiger partial charge in [0, 0.05) is 19.7 Å². The maximum Gasteiger partial charge on any atom is 0.229 e. The van der Waals surface area contributed by atoms with E-state index in [1.165, 1.54) is 0 Å². The fraction of sp³-hybridized carbons (Fsp3) is 0.857. The molecule has 1 aliphatic heterocycles. The Morgan fingerprint density at radius 2 is 2.15 bits per heavy atom. The molecule has 0 aromatic carbocycles. The lowest BCUT2D eigenvalue weighted by molar-refractivity contribution is -0.0583. The minimum absolute atomic E-state index is 0.113. The van der Waals surface area contributed by atoms with Crippen LogP contribution in [0.4, 0.5) is 0 Å². The summed E-state index contributed by atoms with van der Waals surface area (Å²) in [5, 5.41) is 7.42. The summed E-state index contributed by atoms with van der Waals surface area (Å²) in [6.07, 6.45) is 2.42. The van der Waals surface area contributed by atoms with Crippen LogP contribution in [0.5, 0.6) is 0 Å². The molecule has 1 saturated heterocycles. The van der Waals surface area contributed by atoms with E-state index >= 15 is 0 Å². The highest BCUT2D eigenvalue weighted by Crippen LogP contribution is 2.31. The minimum Gasteiger partial charge on any atom is -0.375 e. The zero-order valence-electron chi connectivity index (χ0n) is 12.6. The average molecular weight is 283 g/mol. The first-order chi connectivity index (χ1) is 9.74. The molecule has 0 aliphatic carbocycles. The SMILES string of the molecule is CCOC(CC)(CC)c1noc(CC2CNCCO2)n1. The van der Waals surface area contributed by atoms with Crippen molar-refractivity contribution in [3.05, 3.63) is 11.7 Å². The van der Waals surface area contributed by atoms with Crippen LogP contribution in [-0.2, 0) is 21.5 Å². The number of hydrogen-bond acceptors (Lipinski definition) is 6. The molecule has 0 saturated carbocycles. The van der Waals surface area contributed by atoms with Gasteiger partial charge in [-0.05, 0) is 19.8 Å². The number of ether oxygens (including phenoxy) is 2. The summed E-state index contributed by atoms with van der Waals surface area (Å²) in [5.41, 5.74) is -0.428. The monoisotopic (exact) mass is 283 g/mol. The third-order valence-corrected chi connectivity index (χ3v) is 3.85. The van der Waals surface area contributed by atoms with Gasteiger partial charge >= 0.3 is 0 Å². The van der Waals surface area contributed by atoms with E-state index in [0.29, 0.717) is 24.7 Å². The van der Waals surface area contributed by atoms with Crippen LogP contribution in [0.25, 0.3) is 0 Å². The quantitative estimate of drug-likeness (QED) is 0.820. The van der Waals surface area contributed by atoms with E-state index in [-0.39, 0.29) is 6.10 Å². The number of rotatable bonds is 7. The first-order valence-electron chi connectivity index (χ1n) is 7.53. The normalized spacial score (nSPS) is 20.2. The molecular weight excluding hydrogens is 258 g/mol. The second-order valence-electron chi connectivity index (χ2n) is 5.05. The molecule has 1 N–H and O–H groups in total. The van der Waals surface area contributed by atoms with E-state index in [2.05, 4.69) is 29.3 Å². The van der Waals surface area contributed by atoms with Gasteiger partial charge in [0.1, 0.15) is 5.60 Å². The van der Waals surface area contributed by atoms with Crippen LogP contribution in [0.15, 0.2) is 4.52 Å². The topological polar surface area (TPSA) is 69.4 Å². The van der Waals surface area contributed by atoms with Crippen LogP contribution in [-0.4, -0.2) is 42.5 Å². The molecule has 1 fully saturated rings. The second-order valence-corrected chi connectivity index (χ2v) is 5.05. The summed E-state index contributed by atoms with van der Waals surface area (Å²) >= 11 is 0. The van der Waals surface area contributed by atoms with Gasteiger partial charge in [0.25, 0.3) is 0 Å². The van der Waals surface area contributed by atoms with E-state index in [1.807, 2.05) is 6.92 Å². The molecule has 114 valence electrons.